The van der Waals surface area contributed by atoms with E-state index >= 15 is 0 Å². The van der Waals surface area contributed by atoms with Crippen LogP contribution in [0.5, 0.6) is 0 Å². The van der Waals surface area contributed by atoms with Crippen molar-refractivity contribution in [2.75, 3.05) is 36.4 Å². The lowest BCUT2D eigenvalue weighted by molar-refractivity contribution is 0.208. The zero-order chi connectivity index (χ0) is 18.8. The molecule has 4 rings (SSSR count). The summed E-state index contributed by atoms with van der Waals surface area (Å²) in [5.74, 6) is 0.404. The second-order valence-electron chi connectivity index (χ2n) is 6.42. The molecule has 0 atom stereocenters. The standard InChI is InChI=1S/C19H20N6O2/c1-23-16-15(8-5-9-20-16)22-17(18(23)26)24-10-12-25(13-11-24)19(27)21-14-6-3-2-4-7-14/h2-9H,10-13H2,1H3,(H,21,27). The van der Waals surface area contributed by atoms with Crippen LogP contribution >= 0.6 is 0 Å². The molecule has 0 saturated carbocycles. The Labute approximate surface area is 156 Å². The number of benzene rings is 1. The predicted molar refractivity (Wildman–Crippen MR) is 104 cm³/mol. The number of pyridine rings is 1. The molecular formula is C19H20N6O2. The third-order valence-electron chi connectivity index (χ3n) is 4.70. The Morgan fingerprint density at radius 3 is 2.52 bits per heavy atom. The first-order chi connectivity index (χ1) is 13.1. The lowest BCUT2D eigenvalue weighted by atomic mass is 10.3. The van der Waals surface area contributed by atoms with Crippen molar-refractivity contribution in [1.82, 2.24) is 19.4 Å². The molecule has 3 heterocycles. The molecule has 0 spiro atoms. The van der Waals surface area contributed by atoms with Crippen LogP contribution < -0.4 is 15.8 Å². The van der Waals surface area contributed by atoms with E-state index in [2.05, 4.69) is 15.3 Å². The van der Waals surface area contributed by atoms with E-state index in [-0.39, 0.29) is 11.6 Å². The summed E-state index contributed by atoms with van der Waals surface area (Å²) in [5.41, 5.74) is 1.83. The fraction of sp³-hybridized carbons (Fsp3) is 0.263. The van der Waals surface area contributed by atoms with Gasteiger partial charge in [0.05, 0.1) is 0 Å². The van der Waals surface area contributed by atoms with Gasteiger partial charge in [-0.1, -0.05) is 18.2 Å². The molecule has 0 aliphatic carbocycles. The Balaban J connectivity index is 1.48. The number of carbonyl (C=O) groups is 1. The maximum absolute atomic E-state index is 12.7. The number of para-hydroxylation sites is 1. The minimum absolute atomic E-state index is 0.135. The van der Waals surface area contributed by atoms with Gasteiger partial charge in [0.2, 0.25) is 0 Å². The van der Waals surface area contributed by atoms with Gasteiger partial charge < -0.3 is 15.1 Å². The number of aromatic nitrogens is 3. The number of nitrogens with one attached hydrogen (secondary N) is 1. The number of piperazine rings is 1. The van der Waals surface area contributed by atoms with Crippen LogP contribution in [0.25, 0.3) is 11.2 Å². The summed E-state index contributed by atoms with van der Waals surface area (Å²) in [7, 11) is 1.70. The molecule has 1 aromatic carbocycles. The van der Waals surface area contributed by atoms with Gasteiger partial charge in [0, 0.05) is 45.1 Å². The summed E-state index contributed by atoms with van der Waals surface area (Å²) in [6.07, 6.45) is 1.65. The SMILES string of the molecule is Cn1c(=O)c(N2CCN(C(=O)Nc3ccccc3)CC2)nc2cccnc21. The zero-order valence-electron chi connectivity index (χ0n) is 15.0. The Morgan fingerprint density at radius 2 is 1.78 bits per heavy atom. The number of rotatable bonds is 2. The lowest BCUT2D eigenvalue weighted by Gasteiger charge is -2.35. The number of carbonyl (C=O) groups excluding carboxylic acids is 1. The second-order valence-corrected chi connectivity index (χ2v) is 6.42. The molecule has 1 fully saturated rings. The summed E-state index contributed by atoms with van der Waals surface area (Å²) in [5, 5.41) is 2.89. The number of fused-ring (bicyclic) bond motifs is 1. The van der Waals surface area contributed by atoms with Crippen molar-refractivity contribution in [3.05, 3.63) is 59.0 Å². The highest BCUT2D eigenvalue weighted by atomic mass is 16.2. The third-order valence-corrected chi connectivity index (χ3v) is 4.70. The highest BCUT2D eigenvalue weighted by molar-refractivity contribution is 5.89. The highest BCUT2D eigenvalue weighted by Crippen LogP contribution is 2.15. The Morgan fingerprint density at radius 1 is 1.04 bits per heavy atom. The van der Waals surface area contributed by atoms with Crippen molar-refractivity contribution in [1.29, 1.82) is 0 Å². The molecule has 27 heavy (non-hydrogen) atoms. The number of amides is 2. The molecule has 1 N–H and O–H groups in total. The molecule has 2 aromatic heterocycles. The quantitative estimate of drug-likeness (QED) is 0.748. The highest BCUT2D eigenvalue weighted by Gasteiger charge is 2.24. The van der Waals surface area contributed by atoms with Crippen molar-refractivity contribution in [2.45, 2.75) is 0 Å². The molecule has 2 amide bonds. The topological polar surface area (TPSA) is 83.4 Å². The van der Waals surface area contributed by atoms with E-state index in [4.69, 9.17) is 0 Å². The minimum atomic E-state index is -0.177. The van der Waals surface area contributed by atoms with E-state index in [1.54, 1.807) is 24.2 Å². The van der Waals surface area contributed by atoms with Crippen LogP contribution in [0.2, 0.25) is 0 Å². The molecule has 0 radical (unpaired) electrons. The number of urea groups is 1. The van der Waals surface area contributed by atoms with Crippen LogP contribution in [0.3, 0.4) is 0 Å². The molecule has 0 bridgehead atoms. The van der Waals surface area contributed by atoms with Gasteiger partial charge in [0.25, 0.3) is 5.56 Å². The van der Waals surface area contributed by atoms with Crippen molar-refractivity contribution in [2.24, 2.45) is 7.05 Å². The maximum atomic E-state index is 12.7. The number of hydrogen-bond acceptors (Lipinski definition) is 5. The fourth-order valence-electron chi connectivity index (χ4n) is 3.19. The first-order valence-electron chi connectivity index (χ1n) is 8.81. The van der Waals surface area contributed by atoms with Gasteiger partial charge in [-0.15, -0.1) is 0 Å². The van der Waals surface area contributed by atoms with Gasteiger partial charge in [-0.2, -0.15) is 0 Å². The molecule has 0 unspecified atom stereocenters. The molecular weight excluding hydrogens is 344 g/mol. The van der Waals surface area contributed by atoms with Crippen molar-refractivity contribution < 1.29 is 4.79 Å². The van der Waals surface area contributed by atoms with Crippen LogP contribution in [0, 0.1) is 0 Å². The number of aryl methyl sites for hydroxylation is 1. The Bertz CT molecular complexity index is 1030. The average molecular weight is 364 g/mol. The summed E-state index contributed by atoms with van der Waals surface area (Å²) in [6.45, 7) is 2.15. The molecule has 1 aliphatic rings. The Hall–Kier alpha value is -3.42. The maximum Gasteiger partial charge on any atom is 0.321 e. The largest absolute Gasteiger partial charge is 0.348 e. The third kappa shape index (κ3) is 3.33. The van der Waals surface area contributed by atoms with Gasteiger partial charge in [-0.05, 0) is 24.3 Å². The van der Waals surface area contributed by atoms with Gasteiger partial charge in [0.1, 0.15) is 5.52 Å². The van der Waals surface area contributed by atoms with Gasteiger partial charge in [-0.3, -0.25) is 9.36 Å². The number of anilines is 2. The summed E-state index contributed by atoms with van der Waals surface area (Å²) < 4.78 is 1.52. The molecule has 1 aliphatic heterocycles. The average Bonchev–Trinajstić information content (AvgIpc) is 2.71. The zero-order valence-corrected chi connectivity index (χ0v) is 15.0. The summed E-state index contributed by atoms with van der Waals surface area (Å²) in [6, 6.07) is 12.9. The molecule has 8 heteroatoms. The molecule has 1 saturated heterocycles. The van der Waals surface area contributed by atoms with Crippen LogP contribution in [0.4, 0.5) is 16.3 Å². The van der Waals surface area contributed by atoms with E-state index in [0.29, 0.717) is 43.2 Å². The Kier molecular flexibility index (Phi) is 4.45. The van der Waals surface area contributed by atoms with E-state index in [1.165, 1.54) is 4.57 Å². The smallest absolute Gasteiger partial charge is 0.321 e. The molecule has 3 aromatic rings. The monoisotopic (exact) mass is 364 g/mol. The summed E-state index contributed by atoms with van der Waals surface area (Å²) >= 11 is 0. The second kappa shape index (κ2) is 7.06. The van der Waals surface area contributed by atoms with Crippen molar-refractivity contribution in [3.8, 4) is 0 Å². The fourth-order valence-corrected chi connectivity index (χ4v) is 3.19. The molecule has 8 nitrogen and oxygen atoms in total. The normalized spacial score (nSPS) is 14.4. The number of nitrogens with zero attached hydrogens (tertiary/aromatic N) is 5. The first-order valence-corrected chi connectivity index (χ1v) is 8.81. The molecule has 138 valence electrons. The van der Waals surface area contributed by atoms with Crippen LogP contribution in [-0.2, 0) is 7.05 Å². The van der Waals surface area contributed by atoms with E-state index in [0.717, 1.165) is 5.69 Å². The van der Waals surface area contributed by atoms with Gasteiger partial charge in [-0.25, -0.2) is 14.8 Å². The lowest BCUT2D eigenvalue weighted by Crippen LogP contribution is -2.51. The first kappa shape index (κ1) is 17.0. The van der Waals surface area contributed by atoms with Crippen molar-refractivity contribution >= 4 is 28.7 Å². The number of hydrogen-bond donors (Lipinski definition) is 1. The van der Waals surface area contributed by atoms with Gasteiger partial charge >= 0.3 is 6.03 Å². The van der Waals surface area contributed by atoms with Crippen LogP contribution in [0.15, 0.2) is 53.5 Å². The van der Waals surface area contributed by atoms with Crippen LogP contribution in [0.1, 0.15) is 0 Å². The van der Waals surface area contributed by atoms with E-state index in [9.17, 15) is 9.59 Å². The summed E-state index contributed by atoms with van der Waals surface area (Å²) in [4.78, 5) is 37.5. The van der Waals surface area contributed by atoms with Crippen LogP contribution in [-0.4, -0.2) is 51.6 Å². The minimum Gasteiger partial charge on any atom is -0.348 e. The van der Waals surface area contributed by atoms with Crippen molar-refractivity contribution in [3.63, 3.8) is 0 Å². The van der Waals surface area contributed by atoms with E-state index < -0.39 is 0 Å². The van der Waals surface area contributed by atoms with Gasteiger partial charge in [0.15, 0.2) is 11.5 Å². The predicted octanol–water partition coefficient (Wildman–Crippen LogP) is 1.68. The van der Waals surface area contributed by atoms with E-state index in [1.807, 2.05) is 41.3 Å².